The summed E-state index contributed by atoms with van der Waals surface area (Å²) in [6, 6.07) is 3.13. The summed E-state index contributed by atoms with van der Waals surface area (Å²) < 4.78 is 0. The van der Waals surface area contributed by atoms with E-state index in [1.54, 1.807) is 6.07 Å². The zero-order chi connectivity index (χ0) is 15.1. The van der Waals surface area contributed by atoms with E-state index in [-0.39, 0.29) is 13.1 Å². The smallest absolute Gasteiger partial charge is 0.328 e. The second-order valence-electron chi connectivity index (χ2n) is 3.91. The average molecular weight is 278 g/mol. The predicted molar refractivity (Wildman–Crippen MR) is 71.5 cm³/mol. The van der Waals surface area contributed by atoms with Crippen molar-refractivity contribution in [2.24, 2.45) is 11.5 Å². The number of amides is 2. The largest absolute Gasteiger partial charge is 0.478 e. The number of carbonyl (C=O) groups is 3. The first-order chi connectivity index (χ1) is 9.38. The minimum absolute atomic E-state index is 0.194. The van der Waals surface area contributed by atoms with Gasteiger partial charge in [0.25, 0.3) is 0 Å². The molecule has 0 bridgehead atoms. The van der Waals surface area contributed by atoms with Gasteiger partial charge in [-0.05, 0) is 23.8 Å². The number of nitrogens with two attached hydrogens (primary N) is 2. The van der Waals surface area contributed by atoms with Crippen LogP contribution < -0.4 is 16.4 Å². The first-order valence-corrected chi connectivity index (χ1v) is 5.57. The summed E-state index contributed by atoms with van der Waals surface area (Å²) in [7, 11) is 0. The Morgan fingerprint density at radius 2 is 1.80 bits per heavy atom. The van der Waals surface area contributed by atoms with Crippen LogP contribution in [0.2, 0.25) is 0 Å². The molecule has 2 amide bonds. The number of carboxylic acids is 1. The zero-order valence-electron chi connectivity index (χ0n) is 10.5. The summed E-state index contributed by atoms with van der Waals surface area (Å²) in [5, 5.41) is 8.50. The molecule has 8 heteroatoms. The molecule has 0 fully saturated rings. The summed E-state index contributed by atoms with van der Waals surface area (Å²) >= 11 is 0. The van der Waals surface area contributed by atoms with Crippen LogP contribution in [0.5, 0.6) is 0 Å². The molecule has 0 aliphatic heterocycles. The lowest BCUT2D eigenvalue weighted by atomic mass is 10.2. The molecular weight excluding hydrogens is 264 g/mol. The third kappa shape index (κ3) is 5.17. The molecule has 0 unspecified atom stereocenters. The van der Waals surface area contributed by atoms with Gasteiger partial charge in [0.2, 0.25) is 11.8 Å². The summed E-state index contributed by atoms with van der Waals surface area (Å²) in [6.07, 6.45) is 3.75. The molecule has 106 valence electrons. The Kier molecular flexibility index (Phi) is 5.21. The van der Waals surface area contributed by atoms with Gasteiger partial charge in [-0.2, -0.15) is 0 Å². The number of anilines is 1. The van der Waals surface area contributed by atoms with Crippen LogP contribution in [0.3, 0.4) is 0 Å². The lowest BCUT2D eigenvalue weighted by Gasteiger charge is -2.20. The van der Waals surface area contributed by atoms with Crippen LogP contribution in [0.15, 0.2) is 24.4 Å². The number of hydrogen-bond donors (Lipinski definition) is 3. The Bertz CT molecular complexity index is 523. The summed E-state index contributed by atoms with van der Waals surface area (Å²) in [5.41, 5.74) is 10.7. The lowest BCUT2D eigenvalue weighted by molar-refractivity contribution is -0.131. The molecule has 20 heavy (non-hydrogen) atoms. The number of carboxylic acid groups (broad SMARTS) is 1. The Labute approximate surface area is 114 Å². The molecule has 0 saturated heterocycles. The second-order valence-corrected chi connectivity index (χ2v) is 3.91. The molecule has 0 radical (unpaired) electrons. The first kappa shape index (κ1) is 15.2. The van der Waals surface area contributed by atoms with E-state index in [4.69, 9.17) is 16.6 Å². The molecule has 8 nitrogen and oxygen atoms in total. The fourth-order valence-electron chi connectivity index (χ4n) is 1.44. The Morgan fingerprint density at radius 1 is 1.20 bits per heavy atom. The van der Waals surface area contributed by atoms with Crippen LogP contribution in [0.4, 0.5) is 5.82 Å². The summed E-state index contributed by atoms with van der Waals surface area (Å²) in [4.78, 5) is 37.6. The highest BCUT2D eigenvalue weighted by atomic mass is 16.4. The van der Waals surface area contributed by atoms with Gasteiger partial charge >= 0.3 is 5.97 Å². The molecule has 0 atom stereocenters. The van der Waals surface area contributed by atoms with Crippen molar-refractivity contribution < 1.29 is 19.5 Å². The number of carbonyl (C=O) groups excluding carboxylic acids is 2. The van der Waals surface area contributed by atoms with Crippen LogP contribution in [0, 0.1) is 0 Å². The standard InChI is InChI=1S/C12H14N4O4/c13-9(17)6-16(7-10(14)18)11-3-1-8(5-15-11)2-4-12(19)20/h1-5H,6-7H2,(H2,13,17)(H2,14,18)(H,19,20)/b4-2+. The van der Waals surface area contributed by atoms with Crippen LogP contribution in [0.1, 0.15) is 5.56 Å². The molecule has 0 aromatic carbocycles. The van der Waals surface area contributed by atoms with E-state index in [0.717, 1.165) is 6.08 Å². The fourth-order valence-corrected chi connectivity index (χ4v) is 1.44. The number of aromatic nitrogens is 1. The van der Waals surface area contributed by atoms with Crippen molar-refractivity contribution in [1.82, 2.24) is 4.98 Å². The number of hydrogen-bond acceptors (Lipinski definition) is 5. The van der Waals surface area contributed by atoms with Gasteiger partial charge in [0.05, 0.1) is 13.1 Å². The van der Waals surface area contributed by atoms with E-state index in [9.17, 15) is 14.4 Å². The molecule has 0 aliphatic rings. The zero-order valence-corrected chi connectivity index (χ0v) is 10.5. The summed E-state index contributed by atoms with van der Waals surface area (Å²) in [6.45, 7) is -0.388. The van der Waals surface area contributed by atoms with Gasteiger partial charge in [-0.3, -0.25) is 9.59 Å². The SMILES string of the molecule is NC(=O)CN(CC(N)=O)c1ccc(/C=C/C(=O)O)cn1. The molecule has 0 spiro atoms. The number of primary amides is 2. The second kappa shape index (κ2) is 6.88. The molecular formula is C12H14N4O4. The molecule has 1 heterocycles. The van der Waals surface area contributed by atoms with Gasteiger partial charge in [-0.25, -0.2) is 9.78 Å². The third-order valence-corrected chi connectivity index (χ3v) is 2.21. The maximum Gasteiger partial charge on any atom is 0.328 e. The van der Waals surface area contributed by atoms with Gasteiger partial charge < -0.3 is 21.5 Å². The Hall–Kier alpha value is -2.90. The molecule has 0 aliphatic carbocycles. The predicted octanol–water partition coefficient (Wildman–Crippen LogP) is -1.04. The minimum Gasteiger partial charge on any atom is -0.478 e. The monoisotopic (exact) mass is 278 g/mol. The molecule has 0 saturated carbocycles. The van der Waals surface area contributed by atoms with E-state index < -0.39 is 17.8 Å². The van der Waals surface area contributed by atoms with Gasteiger partial charge in [0.15, 0.2) is 0 Å². The van der Waals surface area contributed by atoms with Crippen LogP contribution >= 0.6 is 0 Å². The van der Waals surface area contributed by atoms with Crippen LogP contribution in [-0.2, 0) is 14.4 Å². The van der Waals surface area contributed by atoms with Crippen LogP contribution in [-0.4, -0.2) is 41.0 Å². The normalized spacial score (nSPS) is 10.4. The highest BCUT2D eigenvalue weighted by molar-refractivity contribution is 5.86. The van der Waals surface area contributed by atoms with Gasteiger partial charge in [0.1, 0.15) is 5.82 Å². The minimum atomic E-state index is -1.07. The quantitative estimate of drug-likeness (QED) is 0.544. The van der Waals surface area contributed by atoms with E-state index in [2.05, 4.69) is 4.98 Å². The van der Waals surface area contributed by atoms with Gasteiger partial charge in [0, 0.05) is 12.3 Å². The average Bonchev–Trinajstić information content (AvgIpc) is 2.35. The first-order valence-electron chi connectivity index (χ1n) is 5.57. The van der Waals surface area contributed by atoms with Crippen molar-refractivity contribution in [3.8, 4) is 0 Å². The highest BCUT2D eigenvalue weighted by Crippen LogP contribution is 2.11. The van der Waals surface area contributed by atoms with E-state index in [1.807, 2.05) is 0 Å². The molecule has 1 rings (SSSR count). The van der Waals surface area contributed by atoms with Crippen molar-refractivity contribution in [3.63, 3.8) is 0 Å². The van der Waals surface area contributed by atoms with E-state index >= 15 is 0 Å². The van der Waals surface area contributed by atoms with Crippen molar-refractivity contribution in [1.29, 1.82) is 0 Å². The van der Waals surface area contributed by atoms with E-state index in [0.29, 0.717) is 11.4 Å². The van der Waals surface area contributed by atoms with Crippen molar-refractivity contribution >= 4 is 29.7 Å². The Morgan fingerprint density at radius 3 is 2.20 bits per heavy atom. The number of aliphatic carboxylic acids is 1. The van der Waals surface area contributed by atoms with Crippen LogP contribution in [0.25, 0.3) is 6.08 Å². The Balaban J connectivity index is 2.89. The van der Waals surface area contributed by atoms with Crippen molar-refractivity contribution in [2.45, 2.75) is 0 Å². The topological polar surface area (TPSA) is 140 Å². The molecule has 1 aromatic rings. The van der Waals surface area contributed by atoms with E-state index in [1.165, 1.54) is 23.2 Å². The lowest BCUT2D eigenvalue weighted by Crippen LogP contribution is -2.40. The number of pyridine rings is 1. The third-order valence-electron chi connectivity index (χ3n) is 2.21. The molecule has 5 N–H and O–H groups in total. The summed E-state index contributed by atoms with van der Waals surface area (Å²) in [5.74, 6) is -1.97. The highest BCUT2D eigenvalue weighted by Gasteiger charge is 2.13. The van der Waals surface area contributed by atoms with Gasteiger partial charge in [-0.15, -0.1) is 0 Å². The maximum atomic E-state index is 10.9. The number of nitrogens with zero attached hydrogens (tertiary/aromatic N) is 2. The van der Waals surface area contributed by atoms with Gasteiger partial charge in [-0.1, -0.05) is 0 Å². The van der Waals surface area contributed by atoms with Crippen molar-refractivity contribution in [3.05, 3.63) is 30.0 Å². The molecule has 1 aromatic heterocycles. The van der Waals surface area contributed by atoms with Crippen molar-refractivity contribution in [2.75, 3.05) is 18.0 Å². The number of rotatable bonds is 7. The fraction of sp³-hybridized carbons (Fsp3) is 0.167. The maximum absolute atomic E-state index is 10.9.